The molecule has 0 rings (SSSR count). The standard InChI is InChI=1S/C48H82NO10P/c1-3-5-7-9-11-13-15-17-19-21-22-24-26-28-30-32-34-36-38-40-47(51)59-44(42-57-60(54,55)58-43-45(49)48(52)53)41-56-46(50)39-37-35-33-31-29-27-25-23-20-18-16-14-12-10-8-6-4-2/h11,13-14,16-17,19,22,24,28,30,34,36,44-45H,3-10,12,15,18,20-21,23,25-27,29,31-33,35,37-43,49H2,1-2H3,(H,52,53)(H,54,55)/b13-11+,16-14+,19-17+,24-22+,30-28+,36-34+/t44-,45+/m1/s1. The van der Waals surface area contributed by atoms with Crippen molar-refractivity contribution in [3.8, 4) is 0 Å². The number of hydrogen-bond acceptors (Lipinski definition) is 9. The van der Waals surface area contributed by atoms with Crippen LogP contribution in [0, 0.1) is 0 Å². The zero-order valence-electron chi connectivity index (χ0n) is 37.3. The number of carbonyl (C=O) groups is 3. The van der Waals surface area contributed by atoms with E-state index in [0.717, 1.165) is 44.9 Å². The summed E-state index contributed by atoms with van der Waals surface area (Å²) in [7, 11) is -4.74. The van der Waals surface area contributed by atoms with Gasteiger partial charge in [0.05, 0.1) is 13.2 Å². The molecule has 4 N–H and O–H groups in total. The van der Waals surface area contributed by atoms with Gasteiger partial charge in [-0.25, -0.2) is 4.57 Å². The second kappa shape index (κ2) is 42.6. The maximum absolute atomic E-state index is 12.6. The topological polar surface area (TPSA) is 172 Å². The van der Waals surface area contributed by atoms with Gasteiger partial charge in [-0.3, -0.25) is 23.4 Å². The largest absolute Gasteiger partial charge is 0.480 e. The van der Waals surface area contributed by atoms with E-state index < -0.39 is 51.1 Å². The van der Waals surface area contributed by atoms with E-state index in [1.54, 1.807) is 0 Å². The van der Waals surface area contributed by atoms with Gasteiger partial charge in [-0.2, -0.15) is 0 Å². The normalized spacial score (nSPS) is 14.3. The average molecular weight is 864 g/mol. The lowest BCUT2D eigenvalue weighted by Gasteiger charge is -2.20. The Hall–Kier alpha value is -3.08. The van der Waals surface area contributed by atoms with Gasteiger partial charge >= 0.3 is 25.7 Å². The number of ether oxygens (including phenoxy) is 2. The van der Waals surface area contributed by atoms with Crippen molar-refractivity contribution in [1.82, 2.24) is 0 Å². The predicted octanol–water partition coefficient (Wildman–Crippen LogP) is 12.5. The molecule has 12 heteroatoms. The molecule has 0 aliphatic heterocycles. The van der Waals surface area contributed by atoms with E-state index in [1.165, 1.54) is 89.9 Å². The Balaban J connectivity index is 4.46. The van der Waals surface area contributed by atoms with Crippen molar-refractivity contribution in [2.24, 2.45) is 5.73 Å². The molecule has 0 aromatic heterocycles. The van der Waals surface area contributed by atoms with Crippen molar-refractivity contribution in [2.45, 2.75) is 193 Å². The molecule has 0 saturated heterocycles. The highest BCUT2D eigenvalue weighted by molar-refractivity contribution is 7.47. The zero-order valence-corrected chi connectivity index (χ0v) is 38.2. The summed E-state index contributed by atoms with van der Waals surface area (Å²) < 4.78 is 32.6. The predicted molar refractivity (Wildman–Crippen MR) is 244 cm³/mol. The van der Waals surface area contributed by atoms with Gasteiger partial charge in [-0.15, -0.1) is 0 Å². The van der Waals surface area contributed by atoms with Crippen LogP contribution >= 0.6 is 7.82 Å². The van der Waals surface area contributed by atoms with E-state index in [9.17, 15) is 23.8 Å². The monoisotopic (exact) mass is 864 g/mol. The molecule has 0 aromatic carbocycles. The third-order valence-electron chi connectivity index (χ3n) is 9.44. The fraction of sp³-hybridized carbons (Fsp3) is 0.688. The molecule has 0 aromatic rings. The number of carbonyl (C=O) groups excluding carboxylic acids is 2. The van der Waals surface area contributed by atoms with Gasteiger partial charge in [0.2, 0.25) is 0 Å². The molecule has 0 saturated carbocycles. The van der Waals surface area contributed by atoms with Gasteiger partial charge in [0.1, 0.15) is 12.6 Å². The molecule has 0 spiro atoms. The molecule has 0 bridgehead atoms. The molecule has 3 atom stereocenters. The molecule has 11 nitrogen and oxygen atoms in total. The summed E-state index contributed by atoms with van der Waals surface area (Å²) in [5.41, 5.74) is 5.33. The summed E-state index contributed by atoms with van der Waals surface area (Å²) in [5, 5.41) is 8.90. The molecule has 0 fully saturated rings. The van der Waals surface area contributed by atoms with Crippen LogP contribution < -0.4 is 5.73 Å². The van der Waals surface area contributed by atoms with Crippen LogP contribution in [-0.4, -0.2) is 59.9 Å². The van der Waals surface area contributed by atoms with Gasteiger partial charge < -0.3 is 25.2 Å². The lowest BCUT2D eigenvalue weighted by Crippen LogP contribution is -2.34. The van der Waals surface area contributed by atoms with Crippen molar-refractivity contribution in [3.63, 3.8) is 0 Å². The van der Waals surface area contributed by atoms with Crippen LogP contribution in [0.15, 0.2) is 72.9 Å². The SMILES string of the molecule is CCCCC/C=C/C/C=C/C/C=C/C/C=C/C/C=C/CCC(=O)O[C@H](COC(=O)CCCCCCCCCCC/C=C/CCCCCC)COP(=O)(O)OC[C@H](N)C(=O)O. The number of hydrogen-bond donors (Lipinski definition) is 3. The number of phosphoric ester groups is 1. The van der Waals surface area contributed by atoms with Gasteiger partial charge in [-0.05, 0) is 77.0 Å². The van der Waals surface area contributed by atoms with E-state index >= 15 is 0 Å². The molecule has 344 valence electrons. The Labute approximate surface area is 363 Å². The first-order valence-electron chi connectivity index (χ1n) is 23.0. The van der Waals surface area contributed by atoms with Gasteiger partial charge in [0, 0.05) is 12.8 Å². The number of carboxylic acids is 1. The second-order valence-corrected chi connectivity index (χ2v) is 16.6. The highest BCUT2D eigenvalue weighted by Gasteiger charge is 2.28. The van der Waals surface area contributed by atoms with Crippen molar-refractivity contribution in [1.29, 1.82) is 0 Å². The van der Waals surface area contributed by atoms with Gasteiger partial charge in [-0.1, -0.05) is 164 Å². The number of carboxylic acid groups (broad SMARTS) is 1. The molecule has 1 unspecified atom stereocenters. The fourth-order valence-electron chi connectivity index (χ4n) is 5.81. The van der Waals surface area contributed by atoms with Crippen molar-refractivity contribution >= 4 is 25.7 Å². The first-order valence-corrected chi connectivity index (χ1v) is 24.5. The number of esters is 2. The maximum atomic E-state index is 12.6. The van der Waals surface area contributed by atoms with E-state index in [2.05, 4.69) is 79.1 Å². The number of nitrogens with two attached hydrogens (primary N) is 1. The zero-order chi connectivity index (χ0) is 44.2. The van der Waals surface area contributed by atoms with Crippen molar-refractivity contribution in [3.05, 3.63) is 72.9 Å². The minimum Gasteiger partial charge on any atom is -0.480 e. The minimum atomic E-state index is -4.74. The fourth-order valence-corrected chi connectivity index (χ4v) is 6.58. The average Bonchev–Trinajstić information content (AvgIpc) is 3.22. The maximum Gasteiger partial charge on any atom is 0.472 e. The van der Waals surface area contributed by atoms with Gasteiger partial charge in [0.25, 0.3) is 0 Å². The summed E-state index contributed by atoms with van der Waals surface area (Å²) in [5.74, 6) is -2.49. The summed E-state index contributed by atoms with van der Waals surface area (Å²) in [6.07, 6.45) is 51.2. The molecular formula is C48H82NO10P. The van der Waals surface area contributed by atoms with Crippen LogP contribution in [0.25, 0.3) is 0 Å². The Bertz CT molecular complexity index is 1290. The molecule has 0 radical (unpaired) electrons. The molecule has 0 aliphatic carbocycles. The van der Waals surface area contributed by atoms with Crippen molar-refractivity contribution < 1.29 is 47.5 Å². The number of unbranched alkanes of at least 4 members (excludes halogenated alkanes) is 16. The van der Waals surface area contributed by atoms with Crippen LogP contribution in [0.3, 0.4) is 0 Å². The third-order valence-corrected chi connectivity index (χ3v) is 10.4. The van der Waals surface area contributed by atoms with Gasteiger partial charge in [0.15, 0.2) is 6.10 Å². The molecule has 0 aliphatic rings. The van der Waals surface area contributed by atoms with Crippen LogP contribution in [0.2, 0.25) is 0 Å². The first-order chi connectivity index (χ1) is 29.1. The molecule has 60 heavy (non-hydrogen) atoms. The Morgan fingerprint density at radius 2 is 0.917 bits per heavy atom. The van der Waals surface area contributed by atoms with Crippen LogP contribution in [-0.2, 0) is 37.5 Å². The van der Waals surface area contributed by atoms with Crippen LogP contribution in [0.5, 0.6) is 0 Å². The van der Waals surface area contributed by atoms with E-state index in [0.29, 0.717) is 19.3 Å². The lowest BCUT2D eigenvalue weighted by atomic mass is 10.1. The highest BCUT2D eigenvalue weighted by atomic mass is 31.2. The quantitative estimate of drug-likeness (QED) is 0.0231. The smallest absolute Gasteiger partial charge is 0.472 e. The molecular weight excluding hydrogens is 781 g/mol. The number of phosphoric acid groups is 1. The first kappa shape index (κ1) is 56.9. The molecule has 0 heterocycles. The Morgan fingerprint density at radius 1 is 0.517 bits per heavy atom. The number of aliphatic carboxylic acids is 1. The van der Waals surface area contributed by atoms with Crippen LogP contribution in [0.1, 0.15) is 181 Å². The number of allylic oxidation sites excluding steroid dienone is 12. The second-order valence-electron chi connectivity index (χ2n) is 15.2. The van der Waals surface area contributed by atoms with E-state index in [-0.39, 0.29) is 19.4 Å². The third kappa shape index (κ3) is 41.6. The summed E-state index contributed by atoms with van der Waals surface area (Å²) >= 11 is 0. The molecule has 0 amide bonds. The Kier molecular flexibility index (Phi) is 40.4. The van der Waals surface area contributed by atoms with E-state index in [4.69, 9.17) is 24.8 Å². The summed E-state index contributed by atoms with van der Waals surface area (Å²) in [6, 6.07) is -1.54. The van der Waals surface area contributed by atoms with E-state index in [1.807, 2.05) is 12.2 Å². The highest BCUT2D eigenvalue weighted by Crippen LogP contribution is 2.43. The Morgan fingerprint density at radius 3 is 1.43 bits per heavy atom. The minimum absolute atomic E-state index is 0.0346. The van der Waals surface area contributed by atoms with Crippen LogP contribution in [0.4, 0.5) is 0 Å². The van der Waals surface area contributed by atoms with Crippen molar-refractivity contribution in [2.75, 3.05) is 19.8 Å². The number of rotatable bonds is 42. The lowest BCUT2D eigenvalue weighted by molar-refractivity contribution is -0.161. The summed E-state index contributed by atoms with van der Waals surface area (Å²) in [4.78, 5) is 46.0. The summed E-state index contributed by atoms with van der Waals surface area (Å²) in [6.45, 7) is 2.69.